The van der Waals surface area contributed by atoms with E-state index in [0.717, 1.165) is 49.7 Å². The van der Waals surface area contributed by atoms with Gasteiger partial charge in [0.1, 0.15) is 23.5 Å². The minimum atomic E-state index is -1.16. The number of pyridine rings is 1. The molecule has 15 nitrogen and oxygen atoms in total. The fourth-order valence-corrected chi connectivity index (χ4v) is 7.28. The Morgan fingerprint density at radius 3 is 2.43 bits per heavy atom. The number of carboxylic acids is 1. The van der Waals surface area contributed by atoms with Gasteiger partial charge in [-0.3, -0.25) is 24.0 Å². The van der Waals surface area contributed by atoms with Gasteiger partial charge in [0.05, 0.1) is 12.1 Å². The largest absolute Gasteiger partial charge is 0.483 e. The molecular weight excluding hydrogens is 660 g/mol. The SMILES string of the molecule is CCOC(=O)N1CCN(C(=O)[C@H](CCC(=O)O)NC(=O)c2cc(OCC(=O)N3CCC[C@H]3C(=O)NC3CCC3)c3ccc4c(c3n2)CCC4)CC1. The Kier molecular flexibility index (Phi) is 11.2. The summed E-state index contributed by atoms with van der Waals surface area (Å²) in [5, 5.41) is 15.8. The third-order valence-corrected chi connectivity index (χ3v) is 10.3. The molecule has 51 heavy (non-hydrogen) atoms. The summed E-state index contributed by atoms with van der Waals surface area (Å²) >= 11 is 0. The Labute approximate surface area is 296 Å². The fraction of sp³-hybridized carbons (Fsp3) is 0.583. The van der Waals surface area contributed by atoms with Crippen LogP contribution in [-0.4, -0.2) is 125 Å². The highest BCUT2D eigenvalue weighted by atomic mass is 16.6. The molecule has 1 aromatic carbocycles. The number of fused-ring (bicyclic) bond motifs is 3. The Hall–Kier alpha value is -4.95. The number of amides is 5. The van der Waals surface area contributed by atoms with Gasteiger partial charge in [-0.05, 0) is 81.9 Å². The van der Waals surface area contributed by atoms with Crippen molar-refractivity contribution in [2.45, 2.75) is 89.3 Å². The highest BCUT2D eigenvalue weighted by Gasteiger charge is 2.36. The summed E-state index contributed by atoms with van der Waals surface area (Å²) in [5.41, 5.74) is 2.64. The van der Waals surface area contributed by atoms with Crippen LogP contribution in [0.3, 0.4) is 0 Å². The van der Waals surface area contributed by atoms with Crippen molar-refractivity contribution in [1.29, 1.82) is 0 Å². The number of hydrogen-bond donors (Lipinski definition) is 3. The van der Waals surface area contributed by atoms with E-state index in [4.69, 9.17) is 14.5 Å². The topological polar surface area (TPSA) is 188 Å². The number of carbonyl (C=O) groups is 6. The van der Waals surface area contributed by atoms with Gasteiger partial charge in [0, 0.05) is 56.6 Å². The molecule has 2 saturated heterocycles. The van der Waals surface area contributed by atoms with Crippen LogP contribution in [0.25, 0.3) is 10.9 Å². The van der Waals surface area contributed by atoms with Crippen LogP contribution in [-0.2, 0) is 36.8 Å². The monoisotopic (exact) mass is 706 g/mol. The summed E-state index contributed by atoms with van der Waals surface area (Å²) in [5.74, 6) is -2.47. The average Bonchev–Trinajstić information content (AvgIpc) is 3.81. The molecular formula is C36H46N6O9. The van der Waals surface area contributed by atoms with Gasteiger partial charge >= 0.3 is 12.1 Å². The zero-order valence-corrected chi connectivity index (χ0v) is 29.0. The van der Waals surface area contributed by atoms with Crippen molar-refractivity contribution in [3.63, 3.8) is 0 Å². The van der Waals surface area contributed by atoms with Gasteiger partial charge in [0.2, 0.25) is 11.8 Å². The third-order valence-electron chi connectivity index (χ3n) is 10.3. The third kappa shape index (κ3) is 8.18. The molecule has 3 heterocycles. The Morgan fingerprint density at radius 2 is 1.73 bits per heavy atom. The molecule has 0 unspecified atom stereocenters. The smallest absolute Gasteiger partial charge is 0.409 e. The first kappa shape index (κ1) is 35.9. The van der Waals surface area contributed by atoms with Crippen LogP contribution in [0.4, 0.5) is 4.79 Å². The van der Waals surface area contributed by atoms with Crippen molar-refractivity contribution in [1.82, 2.24) is 30.3 Å². The van der Waals surface area contributed by atoms with Crippen LogP contribution in [0, 0.1) is 0 Å². The summed E-state index contributed by atoms with van der Waals surface area (Å²) < 4.78 is 11.2. The molecule has 274 valence electrons. The molecule has 3 N–H and O–H groups in total. The summed E-state index contributed by atoms with van der Waals surface area (Å²) in [6.45, 7) is 2.92. The Bertz CT molecular complexity index is 1690. The van der Waals surface area contributed by atoms with Crippen LogP contribution in [0.5, 0.6) is 5.75 Å². The van der Waals surface area contributed by atoms with Crippen LogP contribution in [0.15, 0.2) is 18.2 Å². The summed E-state index contributed by atoms with van der Waals surface area (Å²) in [4.78, 5) is 86.8. The number of nitrogens with one attached hydrogen (secondary N) is 2. The van der Waals surface area contributed by atoms with Crippen LogP contribution in [0.2, 0.25) is 0 Å². The number of ether oxygens (including phenoxy) is 2. The van der Waals surface area contributed by atoms with Gasteiger partial charge < -0.3 is 39.9 Å². The first-order valence-electron chi connectivity index (χ1n) is 18.0. The van der Waals surface area contributed by atoms with Crippen molar-refractivity contribution in [2.75, 3.05) is 45.9 Å². The number of piperazine rings is 1. The van der Waals surface area contributed by atoms with Gasteiger partial charge in [-0.15, -0.1) is 0 Å². The molecule has 6 rings (SSSR count). The van der Waals surface area contributed by atoms with Crippen LogP contribution < -0.4 is 15.4 Å². The molecule has 0 bridgehead atoms. The van der Waals surface area contributed by atoms with E-state index in [1.807, 2.05) is 12.1 Å². The van der Waals surface area contributed by atoms with Gasteiger partial charge in [-0.25, -0.2) is 9.78 Å². The van der Waals surface area contributed by atoms with Gasteiger partial charge in [0.15, 0.2) is 6.61 Å². The highest BCUT2D eigenvalue weighted by Crippen LogP contribution is 2.34. The average molecular weight is 707 g/mol. The second-order valence-corrected chi connectivity index (χ2v) is 13.6. The van der Waals surface area contributed by atoms with E-state index in [1.54, 1.807) is 11.8 Å². The fourth-order valence-electron chi connectivity index (χ4n) is 7.28. The maximum Gasteiger partial charge on any atom is 0.409 e. The van der Waals surface area contributed by atoms with Crippen LogP contribution >= 0.6 is 0 Å². The highest BCUT2D eigenvalue weighted by molar-refractivity contribution is 6.00. The molecule has 0 radical (unpaired) electrons. The predicted octanol–water partition coefficient (Wildman–Crippen LogP) is 2.03. The van der Waals surface area contributed by atoms with E-state index >= 15 is 0 Å². The standard InChI is InChI=1S/C36H46N6O9/c1-2-50-36(49)41-18-16-40(17-19-41)35(48)26(13-14-31(44)45)39-33(46)27-20-29(25-12-11-22-6-3-9-24(22)32(25)38-27)51-21-30(43)42-15-5-10-28(42)34(47)37-23-7-4-8-23/h11-12,20,23,26,28H,2-10,13-19,21H2,1H3,(H,37,47)(H,39,46)(H,44,45)/t26-,28-/m0/s1. The number of aryl methyl sites for hydroxylation is 2. The lowest BCUT2D eigenvalue weighted by atomic mass is 9.93. The van der Waals surface area contributed by atoms with E-state index in [-0.39, 0.29) is 81.5 Å². The van der Waals surface area contributed by atoms with E-state index in [0.29, 0.717) is 30.3 Å². The summed E-state index contributed by atoms with van der Waals surface area (Å²) in [6.07, 6.45) is 5.87. The molecule has 2 atom stereocenters. The molecule has 0 spiro atoms. The summed E-state index contributed by atoms with van der Waals surface area (Å²) in [6, 6.07) is 3.77. The van der Waals surface area contributed by atoms with Crippen molar-refractivity contribution >= 4 is 46.6 Å². The summed E-state index contributed by atoms with van der Waals surface area (Å²) in [7, 11) is 0. The van der Waals surface area contributed by atoms with E-state index in [1.165, 1.54) is 15.9 Å². The maximum atomic E-state index is 13.8. The zero-order valence-electron chi connectivity index (χ0n) is 29.0. The molecule has 2 aliphatic heterocycles. The van der Waals surface area contributed by atoms with Crippen LogP contribution in [0.1, 0.15) is 79.9 Å². The van der Waals surface area contributed by atoms with Gasteiger partial charge in [-0.1, -0.05) is 6.07 Å². The van der Waals surface area contributed by atoms with E-state index in [9.17, 15) is 33.9 Å². The molecule has 1 saturated carbocycles. The first-order valence-corrected chi connectivity index (χ1v) is 18.0. The van der Waals surface area contributed by atoms with Crippen molar-refractivity contribution in [2.24, 2.45) is 0 Å². The number of benzene rings is 1. The number of likely N-dealkylation sites (tertiary alicyclic amines) is 1. The molecule has 1 aromatic heterocycles. The molecule has 2 aliphatic carbocycles. The molecule has 5 amide bonds. The first-order chi connectivity index (χ1) is 24.6. The molecule has 3 fully saturated rings. The van der Waals surface area contributed by atoms with E-state index in [2.05, 4.69) is 10.6 Å². The second kappa shape index (κ2) is 15.9. The second-order valence-electron chi connectivity index (χ2n) is 13.6. The predicted molar refractivity (Wildman–Crippen MR) is 183 cm³/mol. The number of aliphatic carboxylic acids is 1. The number of rotatable bonds is 12. The lowest BCUT2D eigenvalue weighted by Crippen LogP contribution is -2.56. The molecule has 15 heteroatoms. The van der Waals surface area contributed by atoms with E-state index < -0.39 is 36.0 Å². The Balaban J connectivity index is 1.19. The number of carbonyl (C=O) groups excluding carboxylic acids is 5. The molecule has 4 aliphatic rings. The van der Waals surface area contributed by atoms with Crippen molar-refractivity contribution < 1.29 is 43.3 Å². The number of aromatic nitrogens is 1. The number of carboxylic acid groups (broad SMARTS) is 1. The van der Waals surface area contributed by atoms with Crippen molar-refractivity contribution in [3.8, 4) is 5.75 Å². The minimum Gasteiger partial charge on any atom is -0.483 e. The van der Waals surface area contributed by atoms with Crippen molar-refractivity contribution in [3.05, 3.63) is 35.0 Å². The lowest BCUT2D eigenvalue weighted by Gasteiger charge is -2.35. The number of hydrogen-bond acceptors (Lipinski definition) is 9. The lowest BCUT2D eigenvalue weighted by molar-refractivity contribution is -0.140. The van der Waals surface area contributed by atoms with Gasteiger partial charge in [-0.2, -0.15) is 0 Å². The number of nitrogens with zero attached hydrogens (tertiary/aromatic N) is 4. The minimum absolute atomic E-state index is 0.0376. The van der Waals surface area contributed by atoms with Gasteiger partial charge in [0.25, 0.3) is 11.8 Å². The zero-order chi connectivity index (χ0) is 36.1. The normalized spacial score (nSPS) is 19.2. The Morgan fingerprint density at radius 1 is 0.961 bits per heavy atom. The maximum absolute atomic E-state index is 13.8. The molecule has 2 aromatic rings. The quantitative estimate of drug-likeness (QED) is 0.295.